The van der Waals surface area contributed by atoms with Crippen molar-refractivity contribution in [2.45, 2.75) is 31.8 Å². The van der Waals surface area contributed by atoms with Crippen LogP contribution in [0.2, 0.25) is 5.15 Å². The first-order chi connectivity index (χ1) is 9.59. The SMILES string of the molecule is O=C(NCc1nccnc1Cl)C1CCCCN1C(=O)O. The lowest BCUT2D eigenvalue weighted by Crippen LogP contribution is -2.51. The van der Waals surface area contributed by atoms with Crippen molar-refractivity contribution in [3.8, 4) is 0 Å². The molecule has 1 saturated heterocycles. The van der Waals surface area contributed by atoms with E-state index in [0.29, 0.717) is 18.7 Å². The van der Waals surface area contributed by atoms with E-state index in [1.807, 2.05) is 0 Å². The Kier molecular flexibility index (Phi) is 4.73. The number of carbonyl (C=O) groups is 2. The molecule has 1 aliphatic heterocycles. The number of rotatable bonds is 3. The van der Waals surface area contributed by atoms with Crippen LogP contribution in [-0.4, -0.2) is 44.6 Å². The van der Waals surface area contributed by atoms with E-state index < -0.39 is 12.1 Å². The second-order valence-corrected chi connectivity index (χ2v) is 4.86. The molecule has 2 amide bonds. The largest absolute Gasteiger partial charge is 0.465 e. The molecular weight excluding hydrogens is 284 g/mol. The summed E-state index contributed by atoms with van der Waals surface area (Å²) in [6, 6.07) is -0.642. The minimum Gasteiger partial charge on any atom is -0.465 e. The van der Waals surface area contributed by atoms with Gasteiger partial charge < -0.3 is 10.4 Å². The van der Waals surface area contributed by atoms with Gasteiger partial charge in [-0.3, -0.25) is 14.7 Å². The Morgan fingerprint density at radius 3 is 2.85 bits per heavy atom. The predicted molar refractivity (Wildman–Crippen MR) is 71.3 cm³/mol. The molecule has 2 rings (SSSR count). The molecule has 1 aromatic rings. The van der Waals surface area contributed by atoms with Crippen LogP contribution in [0.3, 0.4) is 0 Å². The monoisotopic (exact) mass is 298 g/mol. The van der Waals surface area contributed by atoms with Crippen LogP contribution >= 0.6 is 11.6 Å². The maximum absolute atomic E-state index is 12.1. The quantitative estimate of drug-likeness (QED) is 0.876. The summed E-state index contributed by atoms with van der Waals surface area (Å²) in [5, 5.41) is 12.0. The number of hydrogen-bond acceptors (Lipinski definition) is 4. The second-order valence-electron chi connectivity index (χ2n) is 4.50. The van der Waals surface area contributed by atoms with Crippen LogP contribution in [-0.2, 0) is 11.3 Å². The van der Waals surface area contributed by atoms with Crippen molar-refractivity contribution in [3.63, 3.8) is 0 Å². The molecule has 1 fully saturated rings. The highest BCUT2D eigenvalue weighted by Gasteiger charge is 2.31. The molecule has 108 valence electrons. The van der Waals surface area contributed by atoms with Crippen molar-refractivity contribution < 1.29 is 14.7 Å². The number of amides is 2. The molecule has 0 saturated carbocycles. The number of halogens is 1. The molecular formula is C12H15ClN4O3. The maximum atomic E-state index is 12.1. The number of aromatic nitrogens is 2. The summed E-state index contributed by atoms with van der Waals surface area (Å²) in [4.78, 5) is 32.2. The summed E-state index contributed by atoms with van der Waals surface area (Å²) in [6.07, 6.45) is 4.03. The van der Waals surface area contributed by atoms with E-state index in [0.717, 1.165) is 12.8 Å². The summed E-state index contributed by atoms with van der Waals surface area (Å²) >= 11 is 5.84. The Labute approximate surface area is 121 Å². The van der Waals surface area contributed by atoms with E-state index in [4.69, 9.17) is 16.7 Å². The molecule has 0 spiro atoms. The normalized spacial score (nSPS) is 18.6. The highest BCUT2D eigenvalue weighted by molar-refractivity contribution is 6.29. The Morgan fingerprint density at radius 1 is 1.40 bits per heavy atom. The van der Waals surface area contributed by atoms with Crippen LogP contribution in [0, 0.1) is 0 Å². The summed E-state index contributed by atoms with van der Waals surface area (Å²) in [6.45, 7) is 0.523. The number of likely N-dealkylation sites (tertiary alicyclic amines) is 1. The van der Waals surface area contributed by atoms with Crippen LogP contribution < -0.4 is 5.32 Å². The van der Waals surface area contributed by atoms with Crippen molar-refractivity contribution in [1.29, 1.82) is 0 Å². The van der Waals surface area contributed by atoms with Crippen LogP contribution in [0.1, 0.15) is 25.0 Å². The number of hydrogen-bond donors (Lipinski definition) is 2. The number of nitrogens with zero attached hydrogens (tertiary/aromatic N) is 3. The Hall–Kier alpha value is -1.89. The minimum atomic E-state index is -1.07. The van der Waals surface area contributed by atoms with Crippen LogP contribution in [0.15, 0.2) is 12.4 Å². The standard InChI is InChI=1S/C12H15ClN4O3/c13-10-8(14-4-5-15-10)7-16-11(18)9-3-1-2-6-17(9)12(19)20/h4-5,9H,1-3,6-7H2,(H,16,18)(H,19,20). The predicted octanol–water partition coefficient (Wildman–Crippen LogP) is 1.28. The highest BCUT2D eigenvalue weighted by Crippen LogP contribution is 2.17. The van der Waals surface area contributed by atoms with Gasteiger partial charge in [-0.1, -0.05) is 11.6 Å². The van der Waals surface area contributed by atoms with Crippen LogP contribution in [0.5, 0.6) is 0 Å². The highest BCUT2D eigenvalue weighted by atomic mass is 35.5. The zero-order valence-corrected chi connectivity index (χ0v) is 11.5. The van der Waals surface area contributed by atoms with Crippen molar-refractivity contribution >= 4 is 23.6 Å². The first-order valence-electron chi connectivity index (χ1n) is 6.32. The fraction of sp³-hybridized carbons (Fsp3) is 0.500. The molecule has 20 heavy (non-hydrogen) atoms. The first-order valence-corrected chi connectivity index (χ1v) is 6.70. The van der Waals surface area contributed by atoms with Gasteiger partial charge in [-0.15, -0.1) is 0 Å². The van der Waals surface area contributed by atoms with Gasteiger partial charge in [0.1, 0.15) is 6.04 Å². The van der Waals surface area contributed by atoms with Crippen LogP contribution in [0.4, 0.5) is 4.79 Å². The Bertz CT molecular complexity index is 511. The fourth-order valence-corrected chi connectivity index (χ4v) is 2.36. The topological polar surface area (TPSA) is 95.4 Å². The summed E-state index contributed by atoms with van der Waals surface area (Å²) in [7, 11) is 0. The molecule has 1 aromatic heterocycles. The lowest BCUT2D eigenvalue weighted by Gasteiger charge is -2.32. The molecule has 7 nitrogen and oxygen atoms in total. The van der Waals surface area contributed by atoms with Gasteiger partial charge in [0.2, 0.25) is 5.91 Å². The lowest BCUT2D eigenvalue weighted by molar-refractivity contribution is -0.127. The van der Waals surface area contributed by atoms with Crippen molar-refractivity contribution in [1.82, 2.24) is 20.2 Å². The van der Waals surface area contributed by atoms with Crippen LogP contribution in [0.25, 0.3) is 0 Å². The van der Waals surface area contributed by atoms with Gasteiger partial charge in [-0.05, 0) is 19.3 Å². The molecule has 8 heteroatoms. The zero-order chi connectivity index (χ0) is 14.5. The van der Waals surface area contributed by atoms with Crippen molar-refractivity contribution in [2.75, 3.05) is 6.54 Å². The third-order valence-electron chi connectivity index (χ3n) is 3.20. The second kappa shape index (κ2) is 6.51. The van der Waals surface area contributed by atoms with E-state index in [1.165, 1.54) is 17.3 Å². The van der Waals surface area contributed by atoms with E-state index in [9.17, 15) is 9.59 Å². The smallest absolute Gasteiger partial charge is 0.407 e. The fourth-order valence-electron chi connectivity index (χ4n) is 2.19. The molecule has 1 unspecified atom stereocenters. The maximum Gasteiger partial charge on any atom is 0.407 e. The van der Waals surface area contributed by atoms with Gasteiger partial charge in [-0.25, -0.2) is 9.78 Å². The summed E-state index contributed by atoms with van der Waals surface area (Å²) < 4.78 is 0. The summed E-state index contributed by atoms with van der Waals surface area (Å²) in [5.41, 5.74) is 0.459. The molecule has 0 bridgehead atoms. The van der Waals surface area contributed by atoms with E-state index >= 15 is 0 Å². The molecule has 1 atom stereocenters. The minimum absolute atomic E-state index is 0.134. The zero-order valence-electron chi connectivity index (χ0n) is 10.8. The van der Waals surface area contributed by atoms with E-state index in [1.54, 1.807) is 0 Å². The number of carboxylic acid groups (broad SMARTS) is 1. The van der Waals surface area contributed by atoms with Crippen molar-refractivity contribution in [2.24, 2.45) is 0 Å². The average molecular weight is 299 g/mol. The van der Waals surface area contributed by atoms with Gasteiger partial charge >= 0.3 is 6.09 Å². The third kappa shape index (κ3) is 3.36. The molecule has 2 heterocycles. The average Bonchev–Trinajstić information content (AvgIpc) is 2.46. The van der Waals surface area contributed by atoms with E-state index in [2.05, 4.69) is 15.3 Å². The van der Waals surface area contributed by atoms with Gasteiger partial charge in [0.05, 0.1) is 12.2 Å². The molecule has 0 radical (unpaired) electrons. The van der Waals surface area contributed by atoms with E-state index in [-0.39, 0.29) is 17.6 Å². The number of nitrogens with one attached hydrogen (secondary N) is 1. The number of piperidine rings is 1. The molecule has 0 aromatic carbocycles. The van der Waals surface area contributed by atoms with Gasteiger partial charge in [0, 0.05) is 18.9 Å². The van der Waals surface area contributed by atoms with Gasteiger partial charge in [0.15, 0.2) is 5.15 Å². The molecule has 1 aliphatic rings. The molecule has 0 aliphatic carbocycles. The van der Waals surface area contributed by atoms with Gasteiger partial charge in [-0.2, -0.15) is 0 Å². The Morgan fingerprint density at radius 2 is 2.15 bits per heavy atom. The lowest BCUT2D eigenvalue weighted by atomic mass is 10.0. The summed E-state index contributed by atoms with van der Waals surface area (Å²) in [5.74, 6) is -0.325. The number of carbonyl (C=O) groups excluding carboxylic acids is 1. The third-order valence-corrected chi connectivity index (χ3v) is 3.52. The molecule has 2 N–H and O–H groups in total. The first kappa shape index (κ1) is 14.5. The Balaban J connectivity index is 1.97. The van der Waals surface area contributed by atoms with Crippen molar-refractivity contribution in [3.05, 3.63) is 23.2 Å². The van der Waals surface area contributed by atoms with Gasteiger partial charge in [0.25, 0.3) is 0 Å².